The Morgan fingerprint density at radius 1 is 1.26 bits per heavy atom. The number of benzene rings is 1. The number of aliphatic hydroxyl groups is 1. The van der Waals surface area contributed by atoms with Gasteiger partial charge in [0.25, 0.3) is 0 Å². The number of nitrogens with one attached hydrogen (secondary N) is 3. The average molecular weight is 704 g/mol. The van der Waals surface area contributed by atoms with Crippen LogP contribution < -0.4 is 16.0 Å². The minimum absolute atomic E-state index is 0.0127. The van der Waals surface area contributed by atoms with Gasteiger partial charge in [0.05, 0.1) is 21.8 Å². The summed E-state index contributed by atoms with van der Waals surface area (Å²) in [6.07, 6.45) is -4.63. The number of hydrogen-bond acceptors (Lipinski definition) is 8. The second-order valence-corrected chi connectivity index (χ2v) is 16.2. The fourth-order valence-corrected chi connectivity index (χ4v) is 8.59. The summed E-state index contributed by atoms with van der Waals surface area (Å²) in [5.74, 6) is -4.41. The lowest BCUT2D eigenvalue weighted by Crippen LogP contribution is -2.61. The number of rotatable bonds is 8. The highest BCUT2D eigenvalue weighted by Gasteiger charge is 2.69. The first-order valence-corrected chi connectivity index (χ1v) is 16.6. The Bertz CT molecular complexity index is 1570. The van der Waals surface area contributed by atoms with Crippen LogP contribution in [0.1, 0.15) is 52.5 Å². The predicted octanol–water partition coefficient (Wildman–Crippen LogP) is 3.90. The molecule has 1 saturated carbocycles. The van der Waals surface area contributed by atoms with Crippen molar-refractivity contribution >= 4 is 69.1 Å². The van der Waals surface area contributed by atoms with Gasteiger partial charge in [-0.25, -0.2) is 9.37 Å². The van der Waals surface area contributed by atoms with Crippen molar-refractivity contribution < 1.29 is 37.1 Å². The van der Waals surface area contributed by atoms with E-state index in [1.54, 1.807) is 26.8 Å². The van der Waals surface area contributed by atoms with Crippen molar-refractivity contribution in [1.82, 2.24) is 25.8 Å². The molecule has 9 nitrogen and oxygen atoms in total. The molecule has 1 aliphatic carbocycles. The van der Waals surface area contributed by atoms with E-state index in [2.05, 4.69) is 28.2 Å². The van der Waals surface area contributed by atoms with Crippen LogP contribution >= 0.6 is 36.2 Å². The van der Waals surface area contributed by atoms with E-state index in [4.69, 9.17) is 12.2 Å². The molecule has 5 rings (SSSR count). The zero-order chi connectivity index (χ0) is 34.1. The van der Waals surface area contributed by atoms with Gasteiger partial charge in [-0.05, 0) is 47.6 Å². The molecule has 252 valence electrons. The molecule has 0 radical (unpaired) electrons. The zero-order valence-corrected chi connectivity index (χ0v) is 28.4. The van der Waals surface area contributed by atoms with E-state index in [1.807, 2.05) is 19.2 Å². The molecule has 4 N–H and O–H groups in total. The molecule has 0 spiro atoms. The van der Waals surface area contributed by atoms with Crippen LogP contribution in [0.25, 0.3) is 10.2 Å². The van der Waals surface area contributed by atoms with Crippen molar-refractivity contribution in [1.29, 1.82) is 0 Å². The van der Waals surface area contributed by atoms with E-state index in [0.717, 1.165) is 11.3 Å². The van der Waals surface area contributed by atoms with Crippen molar-refractivity contribution in [3.8, 4) is 0 Å². The van der Waals surface area contributed by atoms with E-state index >= 15 is 0 Å². The summed E-state index contributed by atoms with van der Waals surface area (Å²) >= 11 is 11.5. The molecule has 16 heteroatoms. The monoisotopic (exact) mass is 703 g/mol. The van der Waals surface area contributed by atoms with Crippen LogP contribution in [0.5, 0.6) is 0 Å². The van der Waals surface area contributed by atoms with Crippen molar-refractivity contribution in [2.75, 3.05) is 13.1 Å². The van der Waals surface area contributed by atoms with Crippen LogP contribution in [0.15, 0.2) is 18.2 Å². The molecule has 46 heavy (non-hydrogen) atoms. The van der Waals surface area contributed by atoms with Gasteiger partial charge in [-0.3, -0.25) is 14.4 Å². The summed E-state index contributed by atoms with van der Waals surface area (Å²) in [7, 11) is 0. The second-order valence-electron chi connectivity index (χ2n) is 14.1. The van der Waals surface area contributed by atoms with Crippen molar-refractivity contribution in [2.24, 2.45) is 28.6 Å². The van der Waals surface area contributed by atoms with Gasteiger partial charge in [0.2, 0.25) is 11.8 Å². The number of piperidine rings is 1. The van der Waals surface area contributed by atoms with Gasteiger partial charge in [-0.2, -0.15) is 13.2 Å². The summed E-state index contributed by atoms with van der Waals surface area (Å²) in [4.78, 5) is 42.4. The number of para-hydroxylation sites is 1. The maximum absolute atomic E-state index is 14.5. The smallest absolute Gasteiger partial charge is 0.371 e. The van der Waals surface area contributed by atoms with Gasteiger partial charge in [0, 0.05) is 19.0 Å². The first-order valence-electron chi connectivity index (χ1n) is 14.9. The number of thiocarbonyl (C=S) groups is 1. The summed E-state index contributed by atoms with van der Waals surface area (Å²) < 4.78 is 54.7. The van der Waals surface area contributed by atoms with Crippen LogP contribution in [0.4, 0.5) is 17.6 Å². The fraction of sp³-hybridized carbons (Fsp3) is 0.633. The van der Waals surface area contributed by atoms with Crippen LogP contribution in [0, 0.1) is 34.4 Å². The van der Waals surface area contributed by atoms with Crippen molar-refractivity contribution in [3.63, 3.8) is 0 Å². The molecule has 3 amide bonds. The quantitative estimate of drug-likeness (QED) is 0.122. The molecular weight excluding hydrogens is 667 g/mol. The SMILES string of the molecule is CC(C)(C)[C@H](NC(=O)C(F)(F)F)C(=O)N1C[C@H]2[C@@H]([C@H]1C(=S)N[C@@H](C[C@@H]1CCNC1=O)[C@@](O)(S)c1nc3c(F)cccc3s1)C2(C)C. The third kappa shape index (κ3) is 6.33. The number of thiazole rings is 1. The Hall–Kier alpha value is -2.56. The minimum Gasteiger partial charge on any atom is -0.371 e. The van der Waals surface area contributed by atoms with Crippen molar-refractivity contribution in [3.05, 3.63) is 29.0 Å². The van der Waals surface area contributed by atoms with Gasteiger partial charge in [0.15, 0.2) is 4.93 Å². The maximum atomic E-state index is 14.5. The van der Waals surface area contributed by atoms with E-state index in [-0.39, 0.29) is 51.6 Å². The maximum Gasteiger partial charge on any atom is 0.471 e. The number of hydrogen-bond donors (Lipinski definition) is 5. The number of halogens is 4. The van der Waals surface area contributed by atoms with E-state index in [0.29, 0.717) is 17.7 Å². The Labute approximate surface area is 278 Å². The lowest BCUT2D eigenvalue weighted by atomic mass is 9.85. The van der Waals surface area contributed by atoms with Gasteiger partial charge in [0.1, 0.15) is 22.4 Å². The van der Waals surface area contributed by atoms with E-state index in [9.17, 15) is 37.1 Å². The Morgan fingerprint density at radius 2 is 1.93 bits per heavy atom. The fourth-order valence-electron chi connectivity index (χ4n) is 6.80. The molecular formula is C30H37F4N5O4S3. The van der Waals surface area contributed by atoms with Crippen molar-refractivity contribution in [2.45, 2.75) is 76.7 Å². The molecule has 0 bridgehead atoms. The first-order chi connectivity index (χ1) is 21.2. The molecule has 3 heterocycles. The van der Waals surface area contributed by atoms with Crippen LogP contribution in [-0.4, -0.2) is 75.1 Å². The first kappa shape index (κ1) is 34.8. The number of fused-ring (bicyclic) bond motifs is 2. The third-order valence-corrected chi connectivity index (χ3v) is 11.8. The summed E-state index contributed by atoms with van der Waals surface area (Å²) in [5.41, 5.74) is -1.27. The Morgan fingerprint density at radius 3 is 2.50 bits per heavy atom. The minimum atomic E-state index is -5.19. The Balaban J connectivity index is 1.47. The highest BCUT2D eigenvalue weighted by molar-refractivity contribution is 7.81. The van der Waals surface area contributed by atoms with Crippen LogP contribution in [-0.2, 0) is 19.3 Å². The molecule has 0 unspecified atom stereocenters. The molecule has 2 aliphatic heterocycles. The summed E-state index contributed by atoms with van der Waals surface area (Å²) in [5, 5.41) is 19.8. The van der Waals surface area contributed by atoms with E-state index < -0.39 is 58.2 Å². The molecule has 3 fully saturated rings. The van der Waals surface area contributed by atoms with Gasteiger partial charge >= 0.3 is 12.1 Å². The molecule has 7 atom stereocenters. The molecule has 2 saturated heterocycles. The largest absolute Gasteiger partial charge is 0.471 e. The predicted molar refractivity (Wildman–Crippen MR) is 171 cm³/mol. The van der Waals surface area contributed by atoms with Gasteiger partial charge in [-0.15, -0.1) is 24.0 Å². The van der Waals surface area contributed by atoms with Crippen LogP contribution in [0.2, 0.25) is 0 Å². The van der Waals surface area contributed by atoms with Gasteiger partial charge < -0.3 is 26.0 Å². The van der Waals surface area contributed by atoms with Crippen LogP contribution in [0.3, 0.4) is 0 Å². The highest BCUT2D eigenvalue weighted by Crippen LogP contribution is 2.65. The average Bonchev–Trinajstić information content (AvgIpc) is 3.46. The molecule has 3 aliphatic rings. The lowest BCUT2D eigenvalue weighted by molar-refractivity contribution is -0.176. The summed E-state index contributed by atoms with van der Waals surface area (Å²) in [6, 6.07) is 1.09. The second kappa shape index (κ2) is 11.8. The number of carbonyl (C=O) groups excluding carboxylic acids is 3. The standard InChI is InChI=1S/C30H37F4N5O4S3/c1-27(2,3)21(38-25(42)30(32,33)34)24(41)39-12-14-18(28(14,4)5)20(39)23(44)36-17(11-13-9-10-35-22(13)40)29(43,45)26-37-19-15(31)7-6-8-16(19)46-26/h6-8,13-14,17-18,20-21,43,45H,9-12H2,1-5H3,(H,35,40)(H,36,44)(H,38,42)/t13-,14-,17-,18-,20-,21+,29+/m0/s1. The number of carbonyl (C=O) groups is 3. The highest BCUT2D eigenvalue weighted by atomic mass is 32.1. The molecule has 2 aromatic rings. The normalized spacial score (nSPS) is 26.6. The molecule has 1 aromatic heterocycles. The van der Waals surface area contributed by atoms with E-state index in [1.165, 1.54) is 17.0 Å². The van der Waals surface area contributed by atoms with Gasteiger partial charge in [-0.1, -0.05) is 52.9 Å². The number of aromatic nitrogens is 1. The summed E-state index contributed by atoms with van der Waals surface area (Å²) in [6.45, 7) is 9.35. The number of likely N-dealkylation sites (tertiary alicyclic amines) is 1. The zero-order valence-electron chi connectivity index (χ0n) is 25.9. The topological polar surface area (TPSA) is 124 Å². The number of nitrogens with zero attached hydrogens (tertiary/aromatic N) is 2. The third-order valence-electron chi connectivity index (χ3n) is 9.58. The lowest BCUT2D eigenvalue weighted by Gasteiger charge is -2.40. The number of amides is 3. The number of alkyl halides is 3. The molecule has 1 aromatic carbocycles. The Kier molecular flexibility index (Phi) is 8.95. The number of thiol groups is 1.